The molecule has 1 aliphatic carbocycles. The number of hydrogen-bond acceptors (Lipinski definition) is 3. The number of aromatic nitrogens is 1. The normalized spacial score (nSPS) is 26.8. The van der Waals surface area contributed by atoms with Gasteiger partial charge < -0.3 is 0 Å². The fourth-order valence-electron chi connectivity index (χ4n) is 4.49. The summed E-state index contributed by atoms with van der Waals surface area (Å²) in [6, 6.07) is 18.9. The van der Waals surface area contributed by atoms with E-state index in [0.29, 0.717) is 5.92 Å². The average Bonchev–Trinajstić information content (AvgIpc) is 3.20. The summed E-state index contributed by atoms with van der Waals surface area (Å²) >= 11 is 1.91. The Morgan fingerprint density at radius 2 is 1.88 bits per heavy atom. The fourth-order valence-corrected chi connectivity index (χ4v) is 5.62. The van der Waals surface area contributed by atoms with Crippen LogP contribution < -0.4 is 0 Å². The number of nitrogens with zero attached hydrogens (tertiary/aromatic N) is 2. The van der Waals surface area contributed by atoms with Crippen LogP contribution in [0.25, 0.3) is 21.3 Å². The second-order valence-corrected chi connectivity index (χ2v) is 8.71. The van der Waals surface area contributed by atoms with E-state index in [1.165, 1.54) is 53.1 Å². The van der Waals surface area contributed by atoms with Crippen LogP contribution in [0.15, 0.2) is 48.5 Å². The highest BCUT2D eigenvalue weighted by molar-refractivity contribution is 7.18. The molecule has 2 aliphatic rings. The molecule has 2 aromatic carbocycles. The quantitative estimate of drug-likeness (QED) is 0.604. The van der Waals surface area contributed by atoms with Gasteiger partial charge in [0.2, 0.25) is 0 Å². The number of rotatable bonds is 3. The molecule has 128 valence electrons. The number of benzene rings is 2. The van der Waals surface area contributed by atoms with Crippen LogP contribution in [-0.4, -0.2) is 28.5 Å². The van der Waals surface area contributed by atoms with Crippen LogP contribution in [0.4, 0.5) is 0 Å². The minimum absolute atomic E-state index is 0.676. The average molecular weight is 349 g/mol. The molecule has 0 radical (unpaired) electrons. The highest BCUT2D eigenvalue weighted by Crippen LogP contribution is 2.44. The molecular formula is C22H24N2S. The fraction of sp³-hybridized carbons (Fsp3) is 0.409. The SMILES string of the molecule is C[C@@H]1CCCN1C1CC(c2nc3ccc(-c4ccccc4)cc3s2)C1. The van der Waals surface area contributed by atoms with E-state index in [2.05, 4.69) is 60.4 Å². The van der Waals surface area contributed by atoms with Gasteiger partial charge in [0.15, 0.2) is 0 Å². The number of likely N-dealkylation sites (tertiary alicyclic amines) is 1. The van der Waals surface area contributed by atoms with Crippen molar-refractivity contribution in [1.82, 2.24) is 9.88 Å². The van der Waals surface area contributed by atoms with Crippen molar-refractivity contribution in [3.05, 3.63) is 53.5 Å². The summed E-state index contributed by atoms with van der Waals surface area (Å²) in [6.45, 7) is 3.70. The lowest BCUT2D eigenvalue weighted by molar-refractivity contribution is 0.103. The van der Waals surface area contributed by atoms with E-state index in [9.17, 15) is 0 Å². The van der Waals surface area contributed by atoms with E-state index in [1.807, 2.05) is 11.3 Å². The van der Waals surface area contributed by atoms with Gasteiger partial charge >= 0.3 is 0 Å². The van der Waals surface area contributed by atoms with E-state index in [1.54, 1.807) is 0 Å². The van der Waals surface area contributed by atoms with Gasteiger partial charge in [-0.05, 0) is 62.4 Å². The topological polar surface area (TPSA) is 16.1 Å². The molecule has 25 heavy (non-hydrogen) atoms. The van der Waals surface area contributed by atoms with Gasteiger partial charge in [-0.1, -0.05) is 36.4 Å². The summed E-state index contributed by atoms with van der Waals surface area (Å²) in [6.07, 6.45) is 5.36. The number of fused-ring (bicyclic) bond motifs is 1. The summed E-state index contributed by atoms with van der Waals surface area (Å²) in [5.41, 5.74) is 3.74. The first-order chi connectivity index (χ1) is 12.3. The van der Waals surface area contributed by atoms with Gasteiger partial charge in [0.1, 0.15) is 0 Å². The summed E-state index contributed by atoms with van der Waals surface area (Å²) in [5, 5.41) is 1.35. The Balaban J connectivity index is 1.35. The summed E-state index contributed by atoms with van der Waals surface area (Å²) in [5.74, 6) is 0.676. The van der Waals surface area contributed by atoms with E-state index in [-0.39, 0.29) is 0 Å². The molecule has 1 saturated carbocycles. The first-order valence-corrected chi connectivity index (χ1v) is 10.3. The molecule has 0 unspecified atom stereocenters. The van der Waals surface area contributed by atoms with E-state index in [4.69, 9.17) is 4.98 Å². The lowest BCUT2D eigenvalue weighted by Gasteiger charge is -2.42. The van der Waals surface area contributed by atoms with Crippen LogP contribution in [-0.2, 0) is 0 Å². The van der Waals surface area contributed by atoms with Gasteiger partial charge in [0, 0.05) is 18.0 Å². The molecule has 2 fully saturated rings. The highest BCUT2D eigenvalue weighted by atomic mass is 32.1. The Morgan fingerprint density at radius 1 is 1.04 bits per heavy atom. The molecule has 0 bridgehead atoms. The molecule has 1 aromatic heterocycles. The van der Waals surface area contributed by atoms with Crippen molar-refractivity contribution >= 4 is 21.6 Å². The maximum Gasteiger partial charge on any atom is 0.0970 e. The van der Waals surface area contributed by atoms with Crippen molar-refractivity contribution in [3.63, 3.8) is 0 Å². The Kier molecular flexibility index (Phi) is 3.87. The largest absolute Gasteiger partial charge is 0.298 e. The monoisotopic (exact) mass is 348 g/mol. The molecule has 5 rings (SSSR count). The lowest BCUT2D eigenvalue weighted by atomic mass is 9.79. The minimum atomic E-state index is 0.676. The van der Waals surface area contributed by atoms with Crippen LogP contribution in [0, 0.1) is 0 Å². The zero-order valence-electron chi connectivity index (χ0n) is 14.7. The summed E-state index contributed by atoms with van der Waals surface area (Å²) in [7, 11) is 0. The van der Waals surface area contributed by atoms with Crippen LogP contribution in [0.1, 0.15) is 43.5 Å². The third-order valence-corrected chi connectivity index (χ3v) is 7.23. The minimum Gasteiger partial charge on any atom is -0.298 e. The predicted octanol–water partition coefficient (Wildman–Crippen LogP) is 5.69. The van der Waals surface area contributed by atoms with Crippen molar-refractivity contribution in [1.29, 1.82) is 0 Å². The van der Waals surface area contributed by atoms with Gasteiger partial charge in [-0.15, -0.1) is 11.3 Å². The highest BCUT2D eigenvalue weighted by Gasteiger charge is 2.39. The van der Waals surface area contributed by atoms with Crippen LogP contribution in [0.5, 0.6) is 0 Å². The molecule has 1 saturated heterocycles. The molecule has 0 N–H and O–H groups in total. The second kappa shape index (κ2) is 6.22. The van der Waals surface area contributed by atoms with Gasteiger partial charge in [-0.2, -0.15) is 0 Å². The van der Waals surface area contributed by atoms with Crippen molar-refractivity contribution in [3.8, 4) is 11.1 Å². The summed E-state index contributed by atoms with van der Waals surface area (Å²) in [4.78, 5) is 7.68. The van der Waals surface area contributed by atoms with E-state index < -0.39 is 0 Å². The molecule has 3 heteroatoms. The van der Waals surface area contributed by atoms with Crippen molar-refractivity contribution in [2.24, 2.45) is 0 Å². The maximum atomic E-state index is 4.95. The zero-order valence-corrected chi connectivity index (χ0v) is 15.5. The van der Waals surface area contributed by atoms with Gasteiger partial charge in [-0.25, -0.2) is 4.98 Å². The first-order valence-electron chi connectivity index (χ1n) is 9.49. The molecule has 1 aliphatic heterocycles. The summed E-state index contributed by atoms with van der Waals surface area (Å²) < 4.78 is 1.33. The Hall–Kier alpha value is -1.71. The Labute approximate surface area is 153 Å². The van der Waals surface area contributed by atoms with Crippen molar-refractivity contribution < 1.29 is 0 Å². The van der Waals surface area contributed by atoms with Gasteiger partial charge in [0.25, 0.3) is 0 Å². The van der Waals surface area contributed by atoms with Crippen molar-refractivity contribution in [2.75, 3.05) is 6.54 Å². The van der Waals surface area contributed by atoms with E-state index in [0.717, 1.165) is 17.6 Å². The second-order valence-electron chi connectivity index (χ2n) is 7.65. The standard InChI is InChI=1S/C22H24N2S/c1-15-6-5-11-24(15)19-12-18(13-19)22-23-20-10-9-17(14-21(20)25-22)16-7-3-2-4-8-16/h2-4,7-10,14-15,18-19H,5-6,11-13H2,1H3/t15-,18?,19?/m1/s1. The zero-order chi connectivity index (χ0) is 16.8. The molecular weight excluding hydrogens is 324 g/mol. The van der Waals surface area contributed by atoms with Gasteiger partial charge in [0.05, 0.1) is 15.2 Å². The maximum absolute atomic E-state index is 4.95. The Morgan fingerprint density at radius 3 is 2.64 bits per heavy atom. The van der Waals surface area contributed by atoms with Gasteiger partial charge in [-0.3, -0.25) is 4.90 Å². The lowest BCUT2D eigenvalue weighted by Crippen LogP contribution is -2.45. The molecule has 2 nitrogen and oxygen atoms in total. The molecule has 0 amide bonds. The number of thiazole rings is 1. The van der Waals surface area contributed by atoms with Crippen LogP contribution in [0.3, 0.4) is 0 Å². The molecule has 0 spiro atoms. The van der Waals surface area contributed by atoms with Crippen LogP contribution in [0.2, 0.25) is 0 Å². The molecule has 1 atom stereocenters. The smallest absolute Gasteiger partial charge is 0.0970 e. The number of hydrogen-bond donors (Lipinski definition) is 0. The van der Waals surface area contributed by atoms with E-state index >= 15 is 0 Å². The first kappa shape index (κ1) is 15.5. The van der Waals surface area contributed by atoms with Crippen LogP contribution >= 0.6 is 11.3 Å². The Bertz CT molecular complexity index is 879. The predicted molar refractivity (Wildman–Crippen MR) is 106 cm³/mol. The van der Waals surface area contributed by atoms with Crippen molar-refractivity contribution in [2.45, 2.75) is 50.6 Å². The third-order valence-electron chi connectivity index (χ3n) is 6.05. The molecule has 2 heterocycles. The third kappa shape index (κ3) is 2.80. The molecule has 3 aromatic rings.